The molecule has 0 spiro atoms. The number of para-hydroxylation sites is 1. The van der Waals surface area contributed by atoms with E-state index < -0.39 is 17.3 Å². The van der Waals surface area contributed by atoms with Crippen LogP contribution in [0.2, 0.25) is 0 Å². The first-order chi connectivity index (χ1) is 13.5. The highest BCUT2D eigenvalue weighted by Gasteiger charge is 2.12. The number of hydrogen-bond donors (Lipinski definition) is 1. The molecule has 0 saturated carbocycles. The van der Waals surface area contributed by atoms with Crippen LogP contribution < -0.4 is 10.9 Å². The average molecular weight is 485 g/mol. The average Bonchev–Trinajstić information content (AvgIpc) is 2.69. The molecule has 3 aromatic carbocycles. The Morgan fingerprint density at radius 3 is 2.46 bits per heavy atom. The molecule has 1 aromatic heterocycles. The van der Waals surface area contributed by atoms with Crippen LogP contribution in [0.4, 0.5) is 10.1 Å². The van der Waals surface area contributed by atoms with Crippen LogP contribution in [-0.4, -0.2) is 5.91 Å². The van der Waals surface area contributed by atoms with Gasteiger partial charge in [0.15, 0.2) is 0 Å². The van der Waals surface area contributed by atoms with Crippen molar-refractivity contribution in [2.75, 3.05) is 5.32 Å². The third kappa shape index (κ3) is 3.68. The van der Waals surface area contributed by atoms with Crippen LogP contribution in [0, 0.1) is 9.39 Å². The zero-order valence-corrected chi connectivity index (χ0v) is 16.6. The normalized spacial score (nSPS) is 10.8. The van der Waals surface area contributed by atoms with Gasteiger partial charge in [0.2, 0.25) is 0 Å². The molecule has 1 heterocycles. The molecule has 1 N–H and O–H groups in total. The lowest BCUT2D eigenvalue weighted by Crippen LogP contribution is -2.13. The van der Waals surface area contributed by atoms with Gasteiger partial charge in [0, 0.05) is 14.5 Å². The molecule has 0 aliphatic rings. The highest BCUT2D eigenvalue weighted by molar-refractivity contribution is 14.1. The van der Waals surface area contributed by atoms with Crippen molar-refractivity contribution in [2.24, 2.45) is 0 Å². The van der Waals surface area contributed by atoms with Gasteiger partial charge in [-0.05, 0) is 70.6 Å². The summed E-state index contributed by atoms with van der Waals surface area (Å²) >= 11 is 2.00. The predicted octanol–water partition coefficient (Wildman–Crippen LogP) is 5.46. The Hall–Kier alpha value is -3.00. The number of nitrogens with one attached hydrogen (secondary N) is 1. The van der Waals surface area contributed by atoms with Crippen molar-refractivity contribution in [3.8, 4) is 11.1 Å². The third-order valence-electron chi connectivity index (χ3n) is 4.28. The molecule has 0 unspecified atom stereocenters. The van der Waals surface area contributed by atoms with E-state index in [-0.39, 0.29) is 5.69 Å². The summed E-state index contributed by atoms with van der Waals surface area (Å²) in [4.78, 5) is 24.7. The molecule has 0 fully saturated rings. The highest BCUT2D eigenvalue weighted by Crippen LogP contribution is 2.22. The van der Waals surface area contributed by atoms with Crippen molar-refractivity contribution in [1.82, 2.24) is 0 Å². The maximum Gasteiger partial charge on any atom is 0.344 e. The van der Waals surface area contributed by atoms with Crippen molar-refractivity contribution < 1.29 is 13.6 Å². The van der Waals surface area contributed by atoms with Crippen LogP contribution in [-0.2, 0) is 0 Å². The molecule has 0 atom stereocenters. The summed E-state index contributed by atoms with van der Waals surface area (Å²) in [6.07, 6.45) is 0. The van der Waals surface area contributed by atoms with Crippen LogP contribution in [0.1, 0.15) is 10.4 Å². The molecule has 0 saturated heterocycles. The van der Waals surface area contributed by atoms with Gasteiger partial charge in [-0.25, -0.2) is 9.18 Å². The Morgan fingerprint density at radius 1 is 0.964 bits per heavy atom. The van der Waals surface area contributed by atoms with E-state index in [1.165, 1.54) is 12.1 Å². The SMILES string of the molecule is O=C(Nc1ccc(I)cc1F)c1ccc(-c2cc3ccccc3oc2=O)cc1. The summed E-state index contributed by atoms with van der Waals surface area (Å²) in [7, 11) is 0. The number of amides is 1. The summed E-state index contributed by atoms with van der Waals surface area (Å²) in [5.41, 5.74) is 1.59. The number of rotatable bonds is 3. The smallest absolute Gasteiger partial charge is 0.344 e. The second-order valence-corrected chi connectivity index (χ2v) is 7.39. The molecule has 4 aromatic rings. The van der Waals surface area contributed by atoms with Gasteiger partial charge in [-0.1, -0.05) is 30.3 Å². The van der Waals surface area contributed by atoms with E-state index >= 15 is 0 Å². The minimum Gasteiger partial charge on any atom is -0.422 e. The van der Waals surface area contributed by atoms with E-state index in [1.807, 2.05) is 34.7 Å². The molecule has 0 aliphatic heterocycles. The molecule has 4 rings (SSSR count). The van der Waals surface area contributed by atoms with Crippen molar-refractivity contribution in [3.05, 3.63) is 98.2 Å². The first-order valence-electron chi connectivity index (χ1n) is 8.41. The van der Waals surface area contributed by atoms with E-state index in [0.29, 0.717) is 22.3 Å². The molecule has 6 heteroatoms. The first-order valence-corrected chi connectivity index (χ1v) is 9.49. The summed E-state index contributed by atoms with van der Waals surface area (Å²) in [6.45, 7) is 0. The largest absolute Gasteiger partial charge is 0.422 e. The van der Waals surface area contributed by atoms with E-state index in [2.05, 4.69) is 5.32 Å². The van der Waals surface area contributed by atoms with Gasteiger partial charge < -0.3 is 9.73 Å². The molecular formula is C22H13FINO3. The Bertz CT molecular complexity index is 1250. The van der Waals surface area contributed by atoms with Crippen molar-refractivity contribution >= 4 is 45.2 Å². The maximum absolute atomic E-state index is 13.9. The number of fused-ring (bicyclic) bond motifs is 1. The minimum atomic E-state index is -0.495. The summed E-state index contributed by atoms with van der Waals surface area (Å²) in [6, 6.07) is 20.1. The number of benzene rings is 3. The summed E-state index contributed by atoms with van der Waals surface area (Å²) in [5.74, 6) is -0.928. The molecule has 0 aliphatic carbocycles. The van der Waals surface area contributed by atoms with E-state index in [1.54, 1.807) is 48.5 Å². The van der Waals surface area contributed by atoms with Gasteiger partial charge in [-0.3, -0.25) is 4.79 Å². The van der Waals surface area contributed by atoms with Gasteiger partial charge in [0.1, 0.15) is 11.4 Å². The zero-order chi connectivity index (χ0) is 19.7. The molecule has 1 amide bonds. The van der Waals surface area contributed by atoms with Gasteiger partial charge in [-0.2, -0.15) is 0 Å². The second-order valence-electron chi connectivity index (χ2n) is 6.14. The van der Waals surface area contributed by atoms with E-state index in [9.17, 15) is 14.0 Å². The number of anilines is 1. The highest BCUT2D eigenvalue weighted by atomic mass is 127. The fourth-order valence-corrected chi connectivity index (χ4v) is 3.30. The lowest BCUT2D eigenvalue weighted by atomic mass is 10.0. The minimum absolute atomic E-state index is 0.115. The lowest BCUT2D eigenvalue weighted by molar-refractivity contribution is 0.102. The van der Waals surface area contributed by atoms with Crippen LogP contribution >= 0.6 is 22.6 Å². The maximum atomic E-state index is 13.9. The number of halogens is 2. The third-order valence-corrected chi connectivity index (χ3v) is 4.95. The van der Waals surface area contributed by atoms with E-state index in [4.69, 9.17) is 4.42 Å². The topological polar surface area (TPSA) is 59.3 Å². The Kier molecular flexibility index (Phi) is 4.95. The molecule has 4 nitrogen and oxygen atoms in total. The van der Waals surface area contributed by atoms with Crippen LogP contribution in [0.25, 0.3) is 22.1 Å². The van der Waals surface area contributed by atoms with Crippen molar-refractivity contribution in [1.29, 1.82) is 0 Å². The number of carbonyl (C=O) groups excluding carboxylic acids is 1. The van der Waals surface area contributed by atoms with Crippen molar-refractivity contribution in [2.45, 2.75) is 0 Å². The van der Waals surface area contributed by atoms with Crippen molar-refractivity contribution in [3.63, 3.8) is 0 Å². The first kappa shape index (κ1) is 18.4. The van der Waals surface area contributed by atoms with Gasteiger partial charge in [0.05, 0.1) is 11.3 Å². The zero-order valence-electron chi connectivity index (χ0n) is 14.4. The Labute approximate surface area is 173 Å². The number of hydrogen-bond acceptors (Lipinski definition) is 3. The standard InChI is InChI=1S/C22H13FINO3/c23-18-12-16(24)9-10-19(18)25-21(26)14-7-5-13(6-8-14)17-11-15-3-1-2-4-20(15)28-22(17)27/h1-12H,(H,25,26). The predicted molar refractivity (Wildman–Crippen MR) is 115 cm³/mol. The van der Waals surface area contributed by atoms with Gasteiger partial charge >= 0.3 is 5.63 Å². The Morgan fingerprint density at radius 2 is 1.71 bits per heavy atom. The molecule has 0 radical (unpaired) electrons. The second kappa shape index (κ2) is 7.55. The fourth-order valence-electron chi connectivity index (χ4n) is 2.85. The van der Waals surface area contributed by atoms with Crippen LogP contribution in [0.15, 0.2) is 82.0 Å². The van der Waals surface area contributed by atoms with Crippen LogP contribution in [0.3, 0.4) is 0 Å². The van der Waals surface area contributed by atoms with Crippen LogP contribution in [0.5, 0.6) is 0 Å². The summed E-state index contributed by atoms with van der Waals surface area (Å²) in [5, 5.41) is 3.36. The summed E-state index contributed by atoms with van der Waals surface area (Å²) < 4.78 is 20.0. The lowest BCUT2D eigenvalue weighted by Gasteiger charge is -2.08. The Balaban J connectivity index is 1.61. The molecular weight excluding hydrogens is 472 g/mol. The quantitative estimate of drug-likeness (QED) is 0.310. The fraction of sp³-hybridized carbons (Fsp3) is 0. The molecule has 138 valence electrons. The molecule has 28 heavy (non-hydrogen) atoms. The van der Waals surface area contributed by atoms with Gasteiger partial charge in [0.25, 0.3) is 5.91 Å². The van der Waals surface area contributed by atoms with Gasteiger partial charge in [-0.15, -0.1) is 0 Å². The molecule has 0 bridgehead atoms. The monoisotopic (exact) mass is 485 g/mol. The number of carbonyl (C=O) groups is 1. The van der Waals surface area contributed by atoms with E-state index in [0.717, 1.165) is 8.96 Å².